The molecule has 21 heavy (non-hydrogen) atoms. The molecular formula is C16H19ClN2OS. The molecule has 0 radical (unpaired) electrons. The average Bonchev–Trinajstić information content (AvgIpc) is 2.97. The van der Waals surface area contributed by atoms with Crippen molar-refractivity contribution in [2.24, 2.45) is 0 Å². The molecule has 0 saturated heterocycles. The predicted octanol–water partition coefficient (Wildman–Crippen LogP) is 4.49. The molecule has 1 heterocycles. The van der Waals surface area contributed by atoms with Crippen molar-refractivity contribution < 1.29 is 4.79 Å². The van der Waals surface area contributed by atoms with Gasteiger partial charge in [-0.1, -0.05) is 25.1 Å². The lowest BCUT2D eigenvalue weighted by molar-refractivity contribution is -0.117. The fourth-order valence-corrected chi connectivity index (χ4v) is 3.23. The van der Waals surface area contributed by atoms with Gasteiger partial charge in [0.15, 0.2) is 0 Å². The van der Waals surface area contributed by atoms with E-state index in [0.29, 0.717) is 5.88 Å². The summed E-state index contributed by atoms with van der Waals surface area (Å²) in [6.07, 6.45) is 0.888. The highest BCUT2D eigenvalue weighted by Gasteiger charge is 2.20. The number of alkyl halides is 1. The number of aromatic nitrogens is 1. The molecule has 3 nitrogen and oxygen atoms in total. The highest BCUT2D eigenvalue weighted by atomic mass is 35.5. The number of amides is 1. The number of rotatable bonds is 5. The first-order valence-electron chi connectivity index (χ1n) is 6.96. The monoisotopic (exact) mass is 322 g/mol. The fraction of sp³-hybridized carbons (Fsp3) is 0.375. The minimum absolute atomic E-state index is 0.0329. The van der Waals surface area contributed by atoms with Gasteiger partial charge in [0.25, 0.3) is 0 Å². The number of anilines is 1. The lowest BCUT2D eigenvalue weighted by Gasteiger charge is -2.15. The van der Waals surface area contributed by atoms with Crippen molar-refractivity contribution in [1.82, 2.24) is 4.98 Å². The summed E-state index contributed by atoms with van der Waals surface area (Å²) in [4.78, 5) is 16.8. The quantitative estimate of drug-likeness (QED) is 0.824. The molecule has 1 N–H and O–H groups in total. The minimum Gasteiger partial charge on any atom is -0.325 e. The first-order chi connectivity index (χ1) is 10.1. The predicted molar refractivity (Wildman–Crippen MR) is 89.3 cm³/mol. The summed E-state index contributed by atoms with van der Waals surface area (Å²) < 4.78 is 0. The van der Waals surface area contributed by atoms with Gasteiger partial charge in [-0.25, -0.2) is 4.98 Å². The zero-order chi connectivity index (χ0) is 15.4. The van der Waals surface area contributed by atoms with Crippen LogP contribution >= 0.6 is 22.9 Å². The standard InChI is InChI=1S/C16H19ClN2OS/c1-4-12-7-5-6-10(2)14(12)19-15(20)11(3)16-18-13(8-17)9-21-16/h5-7,9,11H,4,8H2,1-3H3,(H,19,20). The molecule has 0 aliphatic rings. The molecule has 112 valence electrons. The van der Waals surface area contributed by atoms with E-state index in [0.717, 1.165) is 33.9 Å². The van der Waals surface area contributed by atoms with Crippen molar-refractivity contribution in [1.29, 1.82) is 0 Å². The Kier molecular flexibility index (Phi) is 5.37. The molecule has 0 fully saturated rings. The molecule has 1 atom stereocenters. The molecule has 0 bridgehead atoms. The molecule has 2 rings (SSSR count). The third-order valence-electron chi connectivity index (χ3n) is 3.46. The van der Waals surface area contributed by atoms with Crippen LogP contribution in [0.25, 0.3) is 0 Å². The number of para-hydroxylation sites is 1. The number of carbonyl (C=O) groups excluding carboxylic acids is 1. The van der Waals surface area contributed by atoms with Gasteiger partial charge < -0.3 is 5.32 Å². The highest BCUT2D eigenvalue weighted by molar-refractivity contribution is 7.09. The molecule has 5 heteroatoms. The van der Waals surface area contributed by atoms with E-state index in [2.05, 4.69) is 17.2 Å². The Morgan fingerprint density at radius 1 is 1.48 bits per heavy atom. The van der Waals surface area contributed by atoms with Crippen LogP contribution in [0.5, 0.6) is 0 Å². The van der Waals surface area contributed by atoms with Crippen LogP contribution in [0.4, 0.5) is 5.69 Å². The summed E-state index contributed by atoms with van der Waals surface area (Å²) in [5, 5.41) is 5.75. The number of thiazole rings is 1. The number of benzene rings is 1. The third-order valence-corrected chi connectivity index (χ3v) is 4.81. The zero-order valence-corrected chi connectivity index (χ0v) is 14.0. The molecule has 1 aromatic carbocycles. The van der Waals surface area contributed by atoms with Gasteiger partial charge in [0.1, 0.15) is 5.01 Å². The van der Waals surface area contributed by atoms with E-state index in [-0.39, 0.29) is 11.8 Å². The average molecular weight is 323 g/mol. The second-order valence-corrected chi connectivity index (χ2v) is 6.14. The summed E-state index contributed by atoms with van der Waals surface area (Å²) >= 11 is 7.24. The first kappa shape index (κ1) is 16.0. The topological polar surface area (TPSA) is 42.0 Å². The van der Waals surface area contributed by atoms with Crippen molar-refractivity contribution >= 4 is 34.5 Å². The van der Waals surface area contributed by atoms with Gasteiger partial charge in [0, 0.05) is 11.1 Å². The number of nitrogens with one attached hydrogen (secondary N) is 1. The Morgan fingerprint density at radius 2 is 2.24 bits per heavy atom. The lowest BCUT2D eigenvalue weighted by Crippen LogP contribution is -2.20. The molecule has 0 aliphatic carbocycles. The van der Waals surface area contributed by atoms with E-state index in [9.17, 15) is 4.79 Å². The van der Waals surface area contributed by atoms with Crippen molar-refractivity contribution in [3.8, 4) is 0 Å². The van der Waals surface area contributed by atoms with Crippen LogP contribution < -0.4 is 5.32 Å². The normalized spacial score (nSPS) is 12.2. The van der Waals surface area contributed by atoms with E-state index >= 15 is 0 Å². The van der Waals surface area contributed by atoms with Gasteiger partial charge in [-0.2, -0.15) is 0 Å². The number of aryl methyl sites for hydroxylation is 2. The summed E-state index contributed by atoms with van der Waals surface area (Å²) in [5.74, 6) is 0.0635. The lowest BCUT2D eigenvalue weighted by atomic mass is 10.0. The molecular weight excluding hydrogens is 304 g/mol. The second-order valence-electron chi connectivity index (χ2n) is 4.98. The molecule has 0 saturated carbocycles. The Hall–Kier alpha value is -1.39. The fourth-order valence-electron chi connectivity index (χ4n) is 2.13. The maximum Gasteiger partial charge on any atom is 0.234 e. The van der Waals surface area contributed by atoms with Crippen LogP contribution in [0.1, 0.15) is 41.6 Å². The molecule has 0 aliphatic heterocycles. The van der Waals surface area contributed by atoms with Crippen molar-refractivity contribution in [2.75, 3.05) is 5.32 Å². The van der Waals surface area contributed by atoms with Crippen molar-refractivity contribution in [3.63, 3.8) is 0 Å². The molecule has 1 unspecified atom stereocenters. The summed E-state index contributed by atoms with van der Waals surface area (Å²) in [5.41, 5.74) is 3.97. The number of halogens is 1. The Balaban J connectivity index is 2.18. The van der Waals surface area contributed by atoms with E-state index in [4.69, 9.17) is 11.6 Å². The second kappa shape index (κ2) is 7.05. The largest absolute Gasteiger partial charge is 0.325 e. The Bertz CT molecular complexity index is 639. The minimum atomic E-state index is -0.281. The maximum atomic E-state index is 12.5. The molecule has 1 aromatic heterocycles. The Labute approximate surface area is 134 Å². The van der Waals surface area contributed by atoms with Gasteiger partial charge in [-0.05, 0) is 31.4 Å². The maximum absolute atomic E-state index is 12.5. The summed E-state index contributed by atoms with van der Waals surface area (Å²) in [7, 11) is 0. The van der Waals surface area contributed by atoms with Crippen LogP contribution in [-0.2, 0) is 17.1 Å². The van der Waals surface area contributed by atoms with Crippen LogP contribution in [0.3, 0.4) is 0 Å². The third kappa shape index (κ3) is 3.63. The van der Waals surface area contributed by atoms with Gasteiger partial charge in [-0.15, -0.1) is 22.9 Å². The van der Waals surface area contributed by atoms with Crippen molar-refractivity contribution in [2.45, 2.75) is 39.0 Å². The SMILES string of the molecule is CCc1cccc(C)c1NC(=O)C(C)c1nc(CCl)cs1. The highest BCUT2D eigenvalue weighted by Crippen LogP contribution is 2.25. The van der Waals surface area contributed by atoms with Gasteiger partial charge in [-0.3, -0.25) is 4.79 Å². The van der Waals surface area contributed by atoms with Crippen LogP contribution in [0.15, 0.2) is 23.6 Å². The summed E-state index contributed by atoms with van der Waals surface area (Å²) in [6, 6.07) is 6.07. The number of hydrogen-bond donors (Lipinski definition) is 1. The van der Waals surface area contributed by atoms with E-state index in [1.807, 2.05) is 37.4 Å². The first-order valence-corrected chi connectivity index (χ1v) is 8.37. The van der Waals surface area contributed by atoms with Crippen LogP contribution in [0, 0.1) is 6.92 Å². The smallest absolute Gasteiger partial charge is 0.234 e. The van der Waals surface area contributed by atoms with E-state index < -0.39 is 0 Å². The number of hydrogen-bond acceptors (Lipinski definition) is 3. The Morgan fingerprint density at radius 3 is 2.86 bits per heavy atom. The van der Waals surface area contributed by atoms with Crippen LogP contribution in [-0.4, -0.2) is 10.9 Å². The molecule has 2 aromatic rings. The van der Waals surface area contributed by atoms with E-state index in [1.54, 1.807) is 0 Å². The zero-order valence-electron chi connectivity index (χ0n) is 12.4. The van der Waals surface area contributed by atoms with Gasteiger partial charge >= 0.3 is 0 Å². The van der Waals surface area contributed by atoms with Crippen molar-refractivity contribution in [3.05, 3.63) is 45.4 Å². The van der Waals surface area contributed by atoms with Gasteiger partial charge in [0.05, 0.1) is 17.5 Å². The van der Waals surface area contributed by atoms with Crippen LogP contribution in [0.2, 0.25) is 0 Å². The summed E-state index contributed by atoms with van der Waals surface area (Å²) in [6.45, 7) is 5.96. The number of nitrogens with zero attached hydrogens (tertiary/aromatic N) is 1. The van der Waals surface area contributed by atoms with E-state index in [1.165, 1.54) is 11.3 Å². The molecule has 1 amide bonds. The molecule has 0 spiro atoms. The van der Waals surface area contributed by atoms with Gasteiger partial charge in [0.2, 0.25) is 5.91 Å². The number of carbonyl (C=O) groups is 1.